The molecule has 0 saturated carbocycles. The first-order valence-electron chi connectivity index (χ1n) is 7.07. The molecule has 0 atom stereocenters. The summed E-state index contributed by atoms with van der Waals surface area (Å²) < 4.78 is 43.1. The van der Waals surface area contributed by atoms with Crippen LogP contribution >= 0.6 is 15.9 Å². The van der Waals surface area contributed by atoms with E-state index in [0.29, 0.717) is 11.2 Å². The van der Waals surface area contributed by atoms with Gasteiger partial charge in [0, 0.05) is 23.4 Å². The molecule has 3 rings (SSSR count). The van der Waals surface area contributed by atoms with Crippen LogP contribution in [-0.4, -0.2) is 21.7 Å². The Balaban J connectivity index is 1.68. The largest absolute Gasteiger partial charge is 0.573 e. The molecule has 1 aromatic carbocycles. The Hall–Kier alpha value is -2.55. The molecule has 5 nitrogen and oxygen atoms in total. The summed E-state index contributed by atoms with van der Waals surface area (Å²) in [5.74, 6) is -0.765. The van der Waals surface area contributed by atoms with Crippen molar-refractivity contribution in [3.63, 3.8) is 0 Å². The number of carbonyl (C=O) groups excluding carboxylic acids is 1. The predicted octanol–water partition coefficient (Wildman–Crippen LogP) is 3.93. The van der Waals surface area contributed by atoms with Crippen LogP contribution in [0.25, 0.3) is 5.65 Å². The SMILES string of the molecule is O=C(NCc1cccc(OC(F)(F)F)c1)c1cn2cc(Br)ccc2n1. The number of imidazole rings is 1. The highest BCUT2D eigenvalue weighted by Crippen LogP contribution is 2.23. The van der Waals surface area contributed by atoms with E-state index in [9.17, 15) is 18.0 Å². The van der Waals surface area contributed by atoms with Crippen molar-refractivity contribution < 1.29 is 22.7 Å². The summed E-state index contributed by atoms with van der Waals surface area (Å²) >= 11 is 3.33. The first-order chi connectivity index (χ1) is 11.8. The second-order valence-electron chi connectivity index (χ2n) is 5.12. The summed E-state index contributed by atoms with van der Waals surface area (Å²) in [4.78, 5) is 16.4. The van der Waals surface area contributed by atoms with Crippen molar-refractivity contribution in [1.29, 1.82) is 0 Å². The number of nitrogens with zero attached hydrogens (tertiary/aromatic N) is 2. The predicted molar refractivity (Wildman–Crippen MR) is 87.2 cm³/mol. The van der Waals surface area contributed by atoms with Gasteiger partial charge in [-0.15, -0.1) is 13.2 Å². The van der Waals surface area contributed by atoms with Crippen molar-refractivity contribution in [2.75, 3.05) is 0 Å². The normalized spacial score (nSPS) is 11.5. The maximum absolute atomic E-state index is 12.2. The van der Waals surface area contributed by atoms with Crippen molar-refractivity contribution in [3.8, 4) is 5.75 Å². The van der Waals surface area contributed by atoms with Crippen molar-refractivity contribution >= 4 is 27.5 Å². The molecule has 0 bridgehead atoms. The number of amides is 1. The lowest BCUT2D eigenvalue weighted by atomic mass is 10.2. The first-order valence-corrected chi connectivity index (χ1v) is 7.87. The Kier molecular flexibility index (Phi) is 4.67. The summed E-state index contributed by atoms with van der Waals surface area (Å²) in [6.07, 6.45) is -1.43. The molecule has 0 fully saturated rings. The molecule has 1 N–H and O–H groups in total. The molecule has 9 heteroatoms. The van der Waals surface area contributed by atoms with E-state index in [0.717, 1.165) is 4.47 Å². The van der Waals surface area contributed by atoms with E-state index >= 15 is 0 Å². The minimum absolute atomic E-state index is 0.0471. The highest BCUT2D eigenvalue weighted by atomic mass is 79.9. The minimum atomic E-state index is -4.76. The zero-order chi connectivity index (χ0) is 18.0. The molecule has 3 aromatic rings. The van der Waals surface area contributed by atoms with Gasteiger partial charge < -0.3 is 14.5 Å². The van der Waals surface area contributed by atoms with Crippen molar-refractivity contribution in [3.05, 3.63) is 64.5 Å². The fourth-order valence-corrected chi connectivity index (χ4v) is 2.55. The monoisotopic (exact) mass is 413 g/mol. The van der Waals surface area contributed by atoms with Crippen LogP contribution < -0.4 is 10.1 Å². The third-order valence-corrected chi connectivity index (χ3v) is 3.70. The number of ether oxygens (including phenoxy) is 1. The van der Waals surface area contributed by atoms with Crippen LogP contribution in [0.1, 0.15) is 16.1 Å². The lowest BCUT2D eigenvalue weighted by Crippen LogP contribution is -2.23. The van der Waals surface area contributed by atoms with Gasteiger partial charge in [-0.1, -0.05) is 12.1 Å². The van der Waals surface area contributed by atoms with Crippen LogP contribution in [0, 0.1) is 0 Å². The number of alkyl halides is 3. The van der Waals surface area contributed by atoms with Gasteiger partial charge in [0.05, 0.1) is 0 Å². The van der Waals surface area contributed by atoms with E-state index in [4.69, 9.17) is 0 Å². The van der Waals surface area contributed by atoms with Gasteiger partial charge in [-0.25, -0.2) is 4.98 Å². The van der Waals surface area contributed by atoms with Gasteiger partial charge >= 0.3 is 6.36 Å². The van der Waals surface area contributed by atoms with E-state index in [2.05, 4.69) is 31.0 Å². The molecule has 1 amide bonds. The lowest BCUT2D eigenvalue weighted by Gasteiger charge is -2.10. The van der Waals surface area contributed by atoms with Gasteiger partial charge in [-0.05, 0) is 45.8 Å². The fraction of sp³-hybridized carbons (Fsp3) is 0.125. The minimum Gasteiger partial charge on any atom is -0.406 e. The van der Waals surface area contributed by atoms with Gasteiger partial charge in [-0.2, -0.15) is 0 Å². The van der Waals surface area contributed by atoms with Crippen LogP contribution in [0.3, 0.4) is 0 Å². The summed E-state index contributed by atoms with van der Waals surface area (Å²) in [6.45, 7) is 0.0471. The van der Waals surface area contributed by atoms with E-state index in [-0.39, 0.29) is 18.0 Å². The number of nitrogens with one attached hydrogen (secondary N) is 1. The van der Waals surface area contributed by atoms with Gasteiger partial charge in [0.25, 0.3) is 5.91 Å². The molecule has 0 spiro atoms. The molecule has 0 saturated heterocycles. The third kappa shape index (κ3) is 4.50. The average molecular weight is 414 g/mol. The van der Waals surface area contributed by atoms with Gasteiger partial charge in [0.1, 0.15) is 17.1 Å². The summed E-state index contributed by atoms with van der Waals surface area (Å²) in [7, 11) is 0. The Bertz CT molecular complexity index is 924. The van der Waals surface area contributed by atoms with Crippen molar-refractivity contribution in [2.45, 2.75) is 12.9 Å². The maximum atomic E-state index is 12.2. The standard InChI is InChI=1S/C16H11BrF3N3O2/c17-11-4-5-14-22-13(9-23(14)8-11)15(24)21-7-10-2-1-3-12(6-10)25-16(18,19)20/h1-6,8-9H,7H2,(H,21,24). The van der Waals surface area contributed by atoms with E-state index in [1.54, 1.807) is 35.0 Å². The number of pyridine rings is 1. The van der Waals surface area contributed by atoms with Crippen molar-refractivity contribution in [1.82, 2.24) is 14.7 Å². The molecule has 0 radical (unpaired) electrons. The molecule has 0 aliphatic carbocycles. The first kappa shape index (κ1) is 17.3. The van der Waals surface area contributed by atoms with E-state index in [1.165, 1.54) is 18.2 Å². The Morgan fingerprint density at radius 2 is 2.04 bits per heavy atom. The zero-order valence-electron chi connectivity index (χ0n) is 12.5. The van der Waals surface area contributed by atoms with Crippen LogP contribution in [0.2, 0.25) is 0 Å². The molecular weight excluding hydrogens is 403 g/mol. The number of rotatable bonds is 4. The van der Waals surface area contributed by atoms with E-state index < -0.39 is 12.3 Å². The van der Waals surface area contributed by atoms with Crippen LogP contribution in [-0.2, 0) is 6.54 Å². The molecule has 130 valence electrons. The lowest BCUT2D eigenvalue weighted by molar-refractivity contribution is -0.274. The number of hydrogen-bond acceptors (Lipinski definition) is 3. The van der Waals surface area contributed by atoms with E-state index in [1.807, 2.05) is 0 Å². The summed E-state index contributed by atoms with van der Waals surface area (Å²) in [5, 5.41) is 2.62. The fourth-order valence-electron chi connectivity index (χ4n) is 2.20. The molecule has 2 heterocycles. The maximum Gasteiger partial charge on any atom is 0.573 e. The smallest absolute Gasteiger partial charge is 0.406 e. The highest BCUT2D eigenvalue weighted by molar-refractivity contribution is 9.10. The number of halogens is 4. The highest BCUT2D eigenvalue weighted by Gasteiger charge is 2.31. The second kappa shape index (κ2) is 6.75. The Morgan fingerprint density at radius 1 is 1.24 bits per heavy atom. The Labute approximate surface area is 148 Å². The quantitative estimate of drug-likeness (QED) is 0.704. The van der Waals surface area contributed by atoms with Crippen molar-refractivity contribution in [2.24, 2.45) is 0 Å². The molecule has 25 heavy (non-hydrogen) atoms. The van der Waals surface area contributed by atoms with Gasteiger partial charge in [0.15, 0.2) is 0 Å². The topological polar surface area (TPSA) is 55.6 Å². The molecular formula is C16H11BrF3N3O2. The number of fused-ring (bicyclic) bond motifs is 1. The molecule has 2 aromatic heterocycles. The zero-order valence-corrected chi connectivity index (χ0v) is 14.1. The second-order valence-corrected chi connectivity index (χ2v) is 6.03. The third-order valence-electron chi connectivity index (χ3n) is 3.23. The van der Waals surface area contributed by atoms with Crippen LogP contribution in [0.15, 0.2) is 53.3 Å². The summed E-state index contributed by atoms with van der Waals surface area (Å²) in [6, 6.07) is 8.97. The van der Waals surface area contributed by atoms with Gasteiger partial charge in [0.2, 0.25) is 0 Å². The molecule has 0 aliphatic heterocycles. The molecule has 0 aliphatic rings. The van der Waals surface area contributed by atoms with Gasteiger partial charge in [-0.3, -0.25) is 4.79 Å². The number of benzene rings is 1. The average Bonchev–Trinajstić information content (AvgIpc) is 2.94. The van der Waals surface area contributed by atoms with Crippen LogP contribution in [0.4, 0.5) is 13.2 Å². The summed E-state index contributed by atoms with van der Waals surface area (Å²) in [5.41, 5.74) is 1.29. The molecule has 0 unspecified atom stereocenters. The number of carbonyl (C=O) groups is 1. The Morgan fingerprint density at radius 3 is 2.80 bits per heavy atom. The number of aromatic nitrogens is 2. The number of hydrogen-bond donors (Lipinski definition) is 1. The van der Waals surface area contributed by atoms with Crippen LogP contribution in [0.5, 0.6) is 5.75 Å².